The number of carbonyl (C=O) groups excluding carboxylic acids is 1. The van der Waals surface area contributed by atoms with E-state index in [9.17, 15) is 4.79 Å². The van der Waals surface area contributed by atoms with Crippen molar-refractivity contribution in [2.75, 3.05) is 11.1 Å². The van der Waals surface area contributed by atoms with Gasteiger partial charge in [0, 0.05) is 17.8 Å². The average Bonchev–Trinajstić information content (AvgIpc) is 3.07. The van der Waals surface area contributed by atoms with Crippen LogP contribution in [0.1, 0.15) is 23.9 Å². The third kappa shape index (κ3) is 5.74. The number of hydrogen-bond donors (Lipinski definition) is 1. The van der Waals surface area contributed by atoms with Crippen LogP contribution in [0.3, 0.4) is 0 Å². The second-order valence-corrected chi connectivity index (χ2v) is 7.89. The maximum Gasteiger partial charge on any atom is 0.234 e. The number of rotatable bonds is 8. The van der Waals surface area contributed by atoms with Gasteiger partial charge in [-0.05, 0) is 54.8 Å². The summed E-state index contributed by atoms with van der Waals surface area (Å²) in [5, 5.41) is 12.6. The largest absolute Gasteiger partial charge is 0.486 e. The number of carbonyl (C=O) groups is 1. The van der Waals surface area contributed by atoms with Crippen LogP contribution in [0.25, 0.3) is 0 Å². The Morgan fingerprint density at radius 2 is 1.97 bits per heavy atom. The molecule has 1 N–H and O–H groups in total. The van der Waals surface area contributed by atoms with E-state index in [1.807, 2.05) is 54.9 Å². The number of halogens is 1. The first-order valence-corrected chi connectivity index (χ1v) is 10.6. The van der Waals surface area contributed by atoms with Crippen molar-refractivity contribution in [3.8, 4) is 5.75 Å². The predicted octanol–water partition coefficient (Wildman–Crippen LogP) is 4.65. The summed E-state index contributed by atoms with van der Waals surface area (Å²) < 4.78 is 7.61. The normalized spacial score (nSPS) is 10.8. The van der Waals surface area contributed by atoms with Crippen molar-refractivity contribution >= 4 is 35.0 Å². The second-order valence-electron chi connectivity index (χ2n) is 6.54. The fourth-order valence-corrected chi connectivity index (χ4v) is 3.45. The highest BCUT2D eigenvalue weighted by molar-refractivity contribution is 7.99. The molecule has 3 rings (SSSR count). The number of nitrogens with one attached hydrogen (secondary N) is 1. The standard InChI is InChI=1S/C21H23ClN4O2S/c1-4-15-5-7-16(8-6-15)23-20(27)13-29-21-25-24-19(26(21)3)12-28-17-9-10-18(22)14(2)11-17/h5-11H,4,12-13H2,1-3H3,(H,23,27). The molecule has 0 unspecified atom stereocenters. The van der Waals surface area contributed by atoms with Crippen molar-refractivity contribution in [2.45, 2.75) is 32.0 Å². The SMILES string of the molecule is CCc1ccc(NC(=O)CSc2nnc(COc3ccc(Cl)c(C)c3)n2C)cc1. The number of anilines is 1. The molecule has 0 radical (unpaired) electrons. The molecule has 1 aromatic heterocycles. The molecule has 0 aliphatic carbocycles. The minimum Gasteiger partial charge on any atom is -0.486 e. The first-order valence-electron chi connectivity index (χ1n) is 9.25. The molecule has 0 saturated carbocycles. The zero-order valence-electron chi connectivity index (χ0n) is 16.6. The molecule has 1 heterocycles. The summed E-state index contributed by atoms with van der Waals surface area (Å²) in [5.74, 6) is 1.56. The van der Waals surface area contributed by atoms with Gasteiger partial charge in [-0.25, -0.2) is 0 Å². The van der Waals surface area contributed by atoms with E-state index in [1.54, 1.807) is 6.07 Å². The minimum absolute atomic E-state index is 0.0864. The van der Waals surface area contributed by atoms with Crippen LogP contribution in [0.4, 0.5) is 5.69 Å². The summed E-state index contributed by atoms with van der Waals surface area (Å²) in [4.78, 5) is 12.2. The number of hydrogen-bond acceptors (Lipinski definition) is 5. The van der Waals surface area contributed by atoms with Gasteiger partial charge in [-0.15, -0.1) is 10.2 Å². The van der Waals surface area contributed by atoms with E-state index in [1.165, 1.54) is 17.3 Å². The van der Waals surface area contributed by atoms with Crippen LogP contribution >= 0.6 is 23.4 Å². The van der Waals surface area contributed by atoms with Crippen molar-refractivity contribution in [1.82, 2.24) is 14.8 Å². The van der Waals surface area contributed by atoms with E-state index in [-0.39, 0.29) is 18.3 Å². The molecule has 0 aliphatic rings. The Bertz CT molecular complexity index is 989. The molecule has 0 bridgehead atoms. The third-order valence-corrected chi connectivity index (χ3v) is 5.85. The Morgan fingerprint density at radius 1 is 1.21 bits per heavy atom. The van der Waals surface area contributed by atoms with Gasteiger partial charge in [-0.1, -0.05) is 42.4 Å². The van der Waals surface area contributed by atoms with Crippen LogP contribution in [0.15, 0.2) is 47.6 Å². The lowest BCUT2D eigenvalue weighted by Gasteiger charge is -2.08. The van der Waals surface area contributed by atoms with E-state index in [4.69, 9.17) is 16.3 Å². The average molecular weight is 431 g/mol. The fraction of sp³-hybridized carbons (Fsp3) is 0.286. The lowest BCUT2D eigenvalue weighted by atomic mass is 10.1. The van der Waals surface area contributed by atoms with Gasteiger partial charge in [0.05, 0.1) is 5.75 Å². The lowest BCUT2D eigenvalue weighted by molar-refractivity contribution is -0.113. The van der Waals surface area contributed by atoms with Crippen molar-refractivity contribution < 1.29 is 9.53 Å². The van der Waals surface area contributed by atoms with Crippen LogP contribution in [0.2, 0.25) is 5.02 Å². The zero-order chi connectivity index (χ0) is 20.8. The number of aryl methyl sites for hydroxylation is 2. The molecule has 29 heavy (non-hydrogen) atoms. The van der Waals surface area contributed by atoms with E-state index in [0.717, 1.165) is 23.4 Å². The minimum atomic E-state index is -0.0864. The summed E-state index contributed by atoms with van der Waals surface area (Å²) in [6, 6.07) is 13.4. The molecule has 0 atom stereocenters. The first-order chi connectivity index (χ1) is 14.0. The molecule has 8 heteroatoms. The van der Waals surface area contributed by atoms with Crippen LogP contribution in [0, 0.1) is 6.92 Å². The summed E-state index contributed by atoms with van der Waals surface area (Å²) in [6.07, 6.45) is 0.972. The molecule has 0 saturated heterocycles. The Morgan fingerprint density at radius 3 is 2.66 bits per heavy atom. The number of nitrogens with zero attached hydrogens (tertiary/aromatic N) is 3. The first kappa shape index (κ1) is 21.2. The molecule has 2 aromatic carbocycles. The van der Waals surface area contributed by atoms with Crippen LogP contribution in [-0.4, -0.2) is 26.4 Å². The van der Waals surface area contributed by atoms with Crippen molar-refractivity contribution in [1.29, 1.82) is 0 Å². The highest BCUT2D eigenvalue weighted by Gasteiger charge is 2.12. The molecule has 0 spiro atoms. The van der Waals surface area contributed by atoms with Gasteiger partial charge in [0.1, 0.15) is 12.4 Å². The molecule has 1 amide bonds. The highest BCUT2D eigenvalue weighted by Crippen LogP contribution is 2.22. The van der Waals surface area contributed by atoms with Crippen LogP contribution in [-0.2, 0) is 24.9 Å². The number of ether oxygens (including phenoxy) is 1. The van der Waals surface area contributed by atoms with E-state index < -0.39 is 0 Å². The maximum atomic E-state index is 12.2. The van der Waals surface area contributed by atoms with Crippen LogP contribution < -0.4 is 10.1 Å². The van der Waals surface area contributed by atoms with Gasteiger partial charge in [0.15, 0.2) is 11.0 Å². The molecule has 6 nitrogen and oxygen atoms in total. The Balaban J connectivity index is 1.52. The monoisotopic (exact) mass is 430 g/mol. The Labute approximate surface area is 179 Å². The van der Waals surface area contributed by atoms with Gasteiger partial charge in [-0.3, -0.25) is 4.79 Å². The number of amides is 1. The topological polar surface area (TPSA) is 69.0 Å². The Hall–Kier alpha value is -2.51. The molecule has 3 aromatic rings. The molecular weight excluding hydrogens is 408 g/mol. The van der Waals surface area contributed by atoms with E-state index >= 15 is 0 Å². The summed E-state index contributed by atoms with van der Waals surface area (Å²) >= 11 is 7.37. The number of thioether (sulfide) groups is 1. The maximum absolute atomic E-state index is 12.2. The molecule has 152 valence electrons. The second kappa shape index (κ2) is 9.80. The van der Waals surface area contributed by atoms with Crippen molar-refractivity contribution in [3.05, 3.63) is 64.4 Å². The number of aromatic nitrogens is 3. The molecular formula is C21H23ClN4O2S. The highest BCUT2D eigenvalue weighted by atomic mass is 35.5. The lowest BCUT2D eigenvalue weighted by Crippen LogP contribution is -2.14. The summed E-state index contributed by atoms with van der Waals surface area (Å²) in [6.45, 7) is 4.30. The van der Waals surface area contributed by atoms with Crippen LogP contribution in [0.5, 0.6) is 5.75 Å². The van der Waals surface area contributed by atoms with Crippen molar-refractivity contribution in [2.24, 2.45) is 7.05 Å². The van der Waals surface area contributed by atoms with E-state index in [0.29, 0.717) is 16.0 Å². The summed E-state index contributed by atoms with van der Waals surface area (Å²) in [7, 11) is 1.86. The van der Waals surface area contributed by atoms with Crippen molar-refractivity contribution in [3.63, 3.8) is 0 Å². The zero-order valence-corrected chi connectivity index (χ0v) is 18.2. The Kier molecular flexibility index (Phi) is 7.17. The summed E-state index contributed by atoms with van der Waals surface area (Å²) in [5.41, 5.74) is 2.98. The van der Waals surface area contributed by atoms with Gasteiger partial charge in [-0.2, -0.15) is 0 Å². The number of benzene rings is 2. The molecule has 0 fully saturated rings. The van der Waals surface area contributed by atoms with Gasteiger partial charge in [0.2, 0.25) is 5.91 Å². The fourth-order valence-electron chi connectivity index (χ4n) is 2.60. The van der Waals surface area contributed by atoms with Gasteiger partial charge >= 0.3 is 0 Å². The smallest absolute Gasteiger partial charge is 0.234 e. The van der Waals surface area contributed by atoms with Gasteiger partial charge in [0.25, 0.3) is 0 Å². The molecule has 0 aliphatic heterocycles. The third-order valence-electron chi connectivity index (χ3n) is 4.40. The van der Waals surface area contributed by atoms with Gasteiger partial charge < -0.3 is 14.6 Å². The van der Waals surface area contributed by atoms with E-state index in [2.05, 4.69) is 22.4 Å². The quantitative estimate of drug-likeness (QED) is 0.527. The predicted molar refractivity (Wildman–Crippen MR) is 117 cm³/mol.